The highest BCUT2D eigenvalue weighted by molar-refractivity contribution is 5.96. The van der Waals surface area contributed by atoms with Crippen LogP contribution >= 0.6 is 0 Å². The number of carbonyl (C=O) groups is 1. The lowest BCUT2D eigenvalue weighted by Crippen LogP contribution is -2.04. The summed E-state index contributed by atoms with van der Waals surface area (Å²) in [5, 5.41) is 8.85. The maximum Gasteiger partial charge on any atom is 0.188 e. The molecule has 1 heterocycles. The zero-order valence-corrected chi connectivity index (χ0v) is 12.2. The van der Waals surface area contributed by atoms with Gasteiger partial charge in [-0.25, -0.2) is 4.98 Å². The van der Waals surface area contributed by atoms with Crippen molar-refractivity contribution in [3.05, 3.63) is 59.9 Å². The highest BCUT2D eigenvalue weighted by atomic mass is 16.5. The van der Waals surface area contributed by atoms with Gasteiger partial charge in [0.1, 0.15) is 12.4 Å². The van der Waals surface area contributed by atoms with Gasteiger partial charge in [-0.1, -0.05) is 31.7 Å². The lowest BCUT2D eigenvalue weighted by atomic mass is 10.1. The highest BCUT2D eigenvalue weighted by Gasteiger charge is 2.06. The first-order chi connectivity index (χ1) is 10.7. The number of carbonyl (C=O) groups excluding carboxylic acids is 1. The molecule has 0 aliphatic carbocycles. The number of aliphatic hydroxyl groups is 1. The van der Waals surface area contributed by atoms with Crippen molar-refractivity contribution in [1.82, 2.24) is 9.55 Å². The fraction of sp³-hybridized carbons (Fsp3) is 0.222. The fourth-order valence-electron chi connectivity index (χ4n) is 2.38. The number of methoxy groups -OCH3 is 1. The second-order valence-electron chi connectivity index (χ2n) is 5.01. The molecular weight excluding hydrogens is 292 g/mol. The summed E-state index contributed by atoms with van der Waals surface area (Å²) in [5.41, 5.74) is 3.49. The van der Waals surface area contributed by atoms with Gasteiger partial charge in [0.05, 0.1) is 24.5 Å². The number of Topliss-reactive ketones (excluding diaryl/α,β-unsaturated/α-hetero) is 1. The molecule has 3 rings (SSSR count). The van der Waals surface area contributed by atoms with Gasteiger partial charge in [-0.2, -0.15) is 0 Å². The molecule has 0 saturated carbocycles. The van der Waals surface area contributed by atoms with Crippen LogP contribution < -0.4 is 4.74 Å². The molecule has 0 saturated heterocycles. The number of ether oxygens (including phenoxy) is 1. The Kier molecular flexibility index (Phi) is 5.13. The van der Waals surface area contributed by atoms with Gasteiger partial charge in [-0.3, -0.25) is 4.79 Å². The van der Waals surface area contributed by atoms with Crippen LogP contribution in [0, 0.1) is 0 Å². The number of fused-ring (bicyclic) bond motifs is 1. The third kappa shape index (κ3) is 3.40. The van der Waals surface area contributed by atoms with Crippen molar-refractivity contribution in [2.45, 2.75) is 14.0 Å². The van der Waals surface area contributed by atoms with E-state index in [2.05, 4.69) is 4.98 Å². The molecule has 1 N–H and O–H groups in total. The second-order valence-corrected chi connectivity index (χ2v) is 5.01. The summed E-state index contributed by atoms with van der Waals surface area (Å²) < 4.78 is 7.23. The van der Waals surface area contributed by atoms with Gasteiger partial charge in [-0.15, -0.1) is 0 Å². The molecule has 0 unspecified atom stereocenters. The molecule has 3 aromatic rings. The van der Waals surface area contributed by atoms with Crippen LogP contribution in [0.3, 0.4) is 0 Å². The number of hydrogen-bond acceptors (Lipinski definition) is 4. The SMILES string of the molecule is C.COc1ccc2c(c1)ncn2Cc1ccc(C(=O)CO)cc1. The molecule has 0 aliphatic rings. The van der Waals surface area contributed by atoms with Crippen LogP contribution in [-0.4, -0.2) is 34.2 Å². The summed E-state index contributed by atoms with van der Waals surface area (Å²) in [4.78, 5) is 15.8. The van der Waals surface area contributed by atoms with Gasteiger partial charge in [0.25, 0.3) is 0 Å². The number of rotatable bonds is 5. The number of imidazole rings is 1. The maximum absolute atomic E-state index is 11.4. The lowest BCUT2D eigenvalue weighted by Gasteiger charge is -2.06. The van der Waals surface area contributed by atoms with Gasteiger partial charge < -0.3 is 14.4 Å². The van der Waals surface area contributed by atoms with Crippen LogP contribution in [0.4, 0.5) is 0 Å². The second kappa shape index (κ2) is 7.07. The van der Waals surface area contributed by atoms with Crippen LogP contribution in [0.1, 0.15) is 23.3 Å². The van der Waals surface area contributed by atoms with Crippen molar-refractivity contribution in [2.24, 2.45) is 0 Å². The number of hydrogen-bond donors (Lipinski definition) is 1. The van der Waals surface area contributed by atoms with Gasteiger partial charge in [0, 0.05) is 18.2 Å². The minimum absolute atomic E-state index is 0. The van der Waals surface area contributed by atoms with Crippen molar-refractivity contribution in [3.63, 3.8) is 0 Å². The fourth-order valence-corrected chi connectivity index (χ4v) is 2.38. The quantitative estimate of drug-likeness (QED) is 0.736. The molecule has 0 aliphatic heterocycles. The van der Waals surface area contributed by atoms with E-state index in [-0.39, 0.29) is 13.2 Å². The van der Waals surface area contributed by atoms with Crippen LogP contribution in [0.15, 0.2) is 48.8 Å². The number of nitrogens with zero attached hydrogens (tertiary/aromatic N) is 2. The molecule has 120 valence electrons. The third-order valence-electron chi connectivity index (χ3n) is 3.60. The van der Waals surface area contributed by atoms with E-state index >= 15 is 0 Å². The Balaban J connectivity index is 0.00000192. The molecule has 5 heteroatoms. The first-order valence-electron chi connectivity index (χ1n) is 6.93. The minimum atomic E-state index is -0.465. The lowest BCUT2D eigenvalue weighted by molar-refractivity contribution is 0.0903. The minimum Gasteiger partial charge on any atom is -0.497 e. The zero-order chi connectivity index (χ0) is 15.5. The number of aliphatic hydroxyl groups excluding tert-OH is 1. The van der Waals surface area contributed by atoms with E-state index in [0.29, 0.717) is 12.1 Å². The molecule has 0 bridgehead atoms. The van der Waals surface area contributed by atoms with Gasteiger partial charge in [-0.05, 0) is 17.7 Å². The molecule has 0 radical (unpaired) electrons. The monoisotopic (exact) mass is 312 g/mol. The Morgan fingerprint density at radius 3 is 2.61 bits per heavy atom. The van der Waals surface area contributed by atoms with Crippen molar-refractivity contribution in [3.8, 4) is 5.75 Å². The molecule has 1 aromatic heterocycles. The van der Waals surface area contributed by atoms with Crippen molar-refractivity contribution in [1.29, 1.82) is 0 Å². The largest absolute Gasteiger partial charge is 0.497 e. The molecule has 23 heavy (non-hydrogen) atoms. The number of benzene rings is 2. The normalized spacial score (nSPS) is 10.3. The first kappa shape index (κ1) is 16.7. The summed E-state index contributed by atoms with van der Waals surface area (Å²) >= 11 is 0. The van der Waals surface area contributed by atoms with E-state index in [0.717, 1.165) is 22.3 Å². The average molecular weight is 312 g/mol. The van der Waals surface area contributed by atoms with Crippen LogP contribution in [0.25, 0.3) is 11.0 Å². The third-order valence-corrected chi connectivity index (χ3v) is 3.60. The molecule has 0 fully saturated rings. The topological polar surface area (TPSA) is 64.4 Å². The average Bonchev–Trinajstić information content (AvgIpc) is 2.97. The van der Waals surface area contributed by atoms with E-state index in [9.17, 15) is 4.79 Å². The van der Waals surface area contributed by atoms with E-state index in [1.54, 1.807) is 25.6 Å². The summed E-state index contributed by atoms with van der Waals surface area (Å²) in [7, 11) is 1.63. The molecule has 2 aromatic carbocycles. The standard InChI is InChI=1S/C17H16N2O3.CH4/c1-22-14-6-7-16-15(8-14)18-11-19(16)9-12-2-4-13(5-3-12)17(21)10-20;/h2-8,11,20H,9-10H2,1H3;1H4. The first-order valence-corrected chi connectivity index (χ1v) is 6.93. The van der Waals surface area contributed by atoms with Crippen LogP contribution in [-0.2, 0) is 6.54 Å². The summed E-state index contributed by atoms with van der Waals surface area (Å²) in [6, 6.07) is 13.0. The van der Waals surface area contributed by atoms with E-state index in [4.69, 9.17) is 9.84 Å². The molecular formula is C18H20N2O3. The Hall–Kier alpha value is -2.66. The molecule has 0 atom stereocenters. The molecule has 5 nitrogen and oxygen atoms in total. The predicted molar refractivity (Wildman–Crippen MR) is 90.0 cm³/mol. The van der Waals surface area contributed by atoms with Crippen molar-refractivity contribution >= 4 is 16.8 Å². The summed E-state index contributed by atoms with van der Waals surface area (Å²) in [5.74, 6) is 0.511. The van der Waals surface area contributed by atoms with Crippen LogP contribution in [0.5, 0.6) is 5.75 Å². The van der Waals surface area contributed by atoms with Crippen molar-refractivity contribution < 1.29 is 14.6 Å². The number of aromatic nitrogens is 2. The Morgan fingerprint density at radius 1 is 1.22 bits per heavy atom. The van der Waals surface area contributed by atoms with E-state index in [1.165, 1.54) is 0 Å². The Labute approximate surface area is 135 Å². The van der Waals surface area contributed by atoms with Gasteiger partial charge in [0.15, 0.2) is 5.78 Å². The van der Waals surface area contributed by atoms with E-state index in [1.807, 2.05) is 34.9 Å². The highest BCUT2D eigenvalue weighted by Crippen LogP contribution is 2.20. The van der Waals surface area contributed by atoms with Gasteiger partial charge >= 0.3 is 0 Å². The summed E-state index contributed by atoms with van der Waals surface area (Å²) in [6.07, 6.45) is 1.79. The maximum atomic E-state index is 11.4. The van der Waals surface area contributed by atoms with Crippen LogP contribution in [0.2, 0.25) is 0 Å². The Bertz CT molecular complexity index is 807. The number of ketones is 1. The predicted octanol–water partition coefficient (Wildman–Crippen LogP) is 2.90. The Morgan fingerprint density at radius 2 is 1.96 bits per heavy atom. The molecule has 0 spiro atoms. The zero-order valence-electron chi connectivity index (χ0n) is 12.2. The smallest absolute Gasteiger partial charge is 0.188 e. The van der Waals surface area contributed by atoms with E-state index < -0.39 is 6.61 Å². The summed E-state index contributed by atoms with van der Waals surface area (Å²) in [6.45, 7) is 0.198. The van der Waals surface area contributed by atoms with Crippen molar-refractivity contribution in [2.75, 3.05) is 13.7 Å². The van der Waals surface area contributed by atoms with Gasteiger partial charge in [0.2, 0.25) is 0 Å². The molecule has 0 amide bonds.